The van der Waals surface area contributed by atoms with Gasteiger partial charge in [0.2, 0.25) is 0 Å². The molecule has 3 nitrogen and oxygen atoms in total. The number of benzene rings is 3. The van der Waals surface area contributed by atoms with Gasteiger partial charge in [-0.3, -0.25) is 0 Å². The van der Waals surface area contributed by atoms with Gasteiger partial charge in [-0.25, -0.2) is 4.39 Å². The number of methoxy groups -OCH3 is 1. The lowest BCUT2D eigenvalue weighted by Gasteiger charge is -2.38. The summed E-state index contributed by atoms with van der Waals surface area (Å²) in [5.41, 5.74) is 3.05. The second-order valence-electron chi connectivity index (χ2n) is 7.84. The van der Waals surface area contributed by atoms with Crippen molar-refractivity contribution in [2.45, 2.75) is 22.6 Å². The van der Waals surface area contributed by atoms with Crippen molar-refractivity contribution in [1.82, 2.24) is 4.98 Å². The number of halogens is 4. The minimum Gasteiger partial charge on any atom is -0.505 e. The molecule has 0 radical (unpaired) electrons. The molecule has 0 spiro atoms. The Morgan fingerprint density at radius 2 is 1.66 bits per heavy atom. The maximum absolute atomic E-state index is 14.6. The molecule has 4 aromatic rings. The highest BCUT2D eigenvalue weighted by Crippen LogP contribution is 2.51. The summed E-state index contributed by atoms with van der Waals surface area (Å²) >= 11 is 19.2. The number of fused-ring (bicyclic) bond motifs is 1. The molecule has 0 bridgehead atoms. The molecule has 32 heavy (non-hydrogen) atoms. The second kappa shape index (κ2) is 8.51. The van der Waals surface area contributed by atoms with Crippen molar-refractivity contribution in [3.8, 4) is 11.5 Å². The maximum Gasteiger partial charge on any atom is 0.192 e. The van der Waals surface area contributed by atoms with Crippen LogP contribution < -0.4 is 4.74 Å². The quantitative estimate of drug-likeness (QED) is 0.285. The van der Waals surface area contributed by atoms with Crippen molar-refractivity contribution >= 4 is 45.7 Å². The van der Waals surface area contributed by atoms with Crippen LogP contribution >= 0.6 is 34.8 Å². The van der Waals surface area contributed by atoms with Crippen LogP contribution in [0.1, 0.15) is 28.7 Å². The van der Waals surface area contributed by atoms with Gasteiger partial charge in [0.05, 0.1) is 12.5 Å². The van der Waals surface area contributed by atoms with Gasteiger partial charge in [-0.05, 0) is 53.9 Å². The van der Waals surface area contributed by atoms with Crippen LogP contribution in [0.25, 0.3) is 10.9 Å². The Bertz CT molecular complexity index is 1260. The molecular weight excluding hydrogens is 472 g/mol. The topological polar surface area (TPSA) is 45.2 Å². The van der Waals surface area contributed by atoms with Crippen molar-refractivity contribution in [3.05, 3.63) is 94.9 Å². The van der Waals surface area contributed by atoms with Crippen LogP contribution in [0.3, 0.4) is 0 Å². The van der Waals surface area contributed by atoms with E-state index in [4.69, 9.17) is 39.5 Å². The summed E-state index contributed by atoms with van der Waals surface area (Å²) in [6.45, 7) is 1.98. The Balaban J connectivity index is 2.13. The summed E-state index contributed by atoms with van der Waals surface area (Å²) < 4.78 is 18.4. The number of ether oxygens (including phenoxy) is 1. The number of hydrogen-bond acceptors (Lipinski definition) is 2. The number of aromatic amines is 1. The zero-order valence-electron chi connectivity index (χ0n) is 17.4. The summed E-state index contributed by atoms with van der Waals surface area (Å²) in [5.74, 6) is -0.524. The third-order valence-electron chi connectivity index (χ3n) is 5.80. The second-order valence-corrected chi connectivity index (χ2v) is 10.4. The number of nitrogens with one attached hydrogen (secondary N) is 1. The monoisotopic (exact) mass is 491 g/mol. The van der Waals surface area contributed by atoms with E-state index in [9.17, 15) is 9.50 Å². The average Bonchev–Trinajstić information content (AvgIpc) is 3.17. The highest BCUT2D eigenvalue weighted by Gasteiger charge is 2.44. The molecular formula is C25H21Cl3FNO2. The zero-order chi connectivity index (χ0) is 23.1. The molecule has 1 heterocycles. The zero-order valence-corrected chi connectivity index (χ0v) is 19.7. The largest absolute Gasteiger partial charge is 0.505 e. The van der Waals surface area contributed by atoms with Crippen LogP contribution in [0.15, 0.2) is 66.9 Å². The van der Waals surface area contributed by atoms with Crippen molar-refractivity contribution in [3.63, 3.8) is 0 Å². The summed E-state index contributed by atoms with van der Waals surface area (Å²) in [6, 6.07) is 17.8. The van der Waals surface area contributed by atoms with Gasteiger partial charge in [0.25, 0.3) is 0 Å². The fraction of sp³-hybridized carbons (Fsp3) is 0.200. The molecule has 0 aliphatic carbocycles. The van der Waals surface area contributed by atoms with Gasteiger partial charge in [-0.2, -0.15) is 0 Å². The lowest BCUT2D eigenvalue weighted by molar-refractivity contribution is 0.415. The predicted octanol–water partition coefficient (Wildman–Crippen LogP) is 7.42. The maximum atomic E-state index is 14.6. The number of aryl methyl sites for hydroxylation is 1. The van der Waals surface area contributed by atoms with E-state index < -0.39 is 20.8 Å². The minimum atomic E-state index is -1.66. The number of phenolic OH excluding ortho intramolecular Hbond substituents is 1. The predicted molar refractivity (Wildman–Crippen MR) is 129 cm³/mol. The van der Waals surface area contributed by atoms with Crippen LogP contribution in [0, 0.1) is 12.7 Å². The Kier molecular flexibility index (Phi) is 6.06. The third-order valence-corrected chi connectivity index (χ3v) is 6.20. The Morgan fingerprint density at radius 3 is 2.28 bits per heavy atom. The number of aromatic hydroxyl groups is 1. The number of phenols is 1. The van der Waals surface area contributed by atoms with E-state index in [-0.39, 0.29) is 6.42 Å². The number of rotatable bonds is 5. The van der Waals surface area contributed by atoms with Crippen LogP contribution in [0.4, 0.5) is 4.39 Å². The first kappa shape index (κ1) is 22.8. The van der Waals surface area contributed by atoms with Crippen LogP contribution in [-0.2, 0) is 5.41 Å². The first-order chi connectivity index (χ1) is 15.1. The van der Waals surface area contributed by atoms with Gasteiger partial charge in [0.1, 0.15) is 5.75 Å². The van der Waals surface area contributed by atoms with Crippen LogP contribution in [0.5, 0.6) is 11.5 Å². The molecule has 3 aromatic carbocycles. The van der Waals surface area contributed by atoms with Gasteiger partial charge in [0.15, 0.2) is 15.4 Å². The summed E-state index contributed by atoms with van der Waals surface area (Å²) in [4.78, 5) is 3.28. The van der Waals surface area contributed by atoms with E-state index >= 15 is 0 Å². The van der Waals surface area contributed by atoms with Crippen LogP contribution in [0.2, 0.25) is 0 Å². The molecule has 0 saturated heterocycles. The Morgan fingerprint density at radius 1 is 0.969 bits per heavy atom. The minimum absolute atomic E-state index is 0.0299. The van der Waals surface area contributed by atoms with E-state index in [2.05, 4.69) is 4.98 Å². The fourth-order valence-corrected chi connectivity index (χ4v) is 4.87. The Labute approximate surface area is 200 Å². The first-order valence-corrected chi connectivity index (χ1v) is 11.1. The summed E-state index contributed by atoms with van der Waals surface area (Å²) in [6.07, 6.45) is 1.88. The normalized spacial score (nSPS) is 13.8. The van der Waals surface area contributed by atoms with E-state index in [0.717, 1.165) is 27.6 Å². The van der Waals surface area contributed by atoms with Crippen molar-refractivity contribution < 1.29 is 14.2 Å². The third kappa shape index (κ3) is 4.15. The van der Waals surface area contributed by atoms with Crippen LogP contribution in [-0.4, -0.2) is 21.0 Å². The lowest BCUT2D eigenvalue weighted by atomic mass is 9.67. The van der Waals surface area contributed by atoms with Gasteiger partial charge >= 0.3 is 0 Å². The van der Waals surface area contributed by atoms with Crippen molar-refractivity contribution in [1.29, 1.82) is 0 Å². The molecule has 0 saturated carbocycles. The van der Waals surface area contributed by atoms with E-state index in [1.807, 2.05) is 55.6 Å². The average molecular weight is 493 g/mol. The number of hydrogen-bond donors (Lipinski definition) is 2. The number of aromatic nitrogens is 1. The fourth-order valence-electron chi connectivity index (χ4n) is 4.27. The van der Waals surface area contributed by atoms with Gasteiger partial charge < -0.3 is 14.8 Å². The molecule has 0 aliphatic rings. The van der Waals surface area contributed by atoms with E-state index in [1.165, 1.54) is 12.1 Å². The van der Waals surface area contributed by atoms with Crippen molar-refractivity contribution in [2.75, 3.05) is 7.11 Å². The first-order valence-electron chi connectivity index (χ1n) is 9.92. The van der Waals surface area contributed by atoms with E-state index in [0.29, 0.717) is 11.3 Å². The smallest absolute Gasteiger partial charge is 0.192 e. The van der Waals surface area contributed by atoms with Gasteiger partial charge in [0, 0.05) is 23.5 Å². The lowest BCUT2D eigenvalue weighted by Crippen LogP contribution is -2.34. The highest BCUT2D eigenvalue weighted by atomic mass is 35.6. The Hall–Kier alpha value is -2.40. The van der Waals surface area contributed by atoms with E-state index in [1.54, 1.807) is 13.2 Å². The molecule has 2 N–H and O–H groups in total. The molecule has 0 fully saturated rings. The molecule has 166 valence electrons. The molecule has 1 aromatic heterocycles. The molecule has 0 aliphatic heterocycles. The number of alkyl halides is 3. The molecule has 0 unspecified atom stereocenters. The molecule has 4 rings (SSSR count). The standard InChI is InChI=1S/C25H21Cl3FNO2/c1-15-3-5-16(6-4-15)24(14-25(26,27)28,17-7-10-23(31)21(29)11-17)20-13-30-22-9-8-18(32-2)12-19(20)22/h3-13,30-31H,14H2,1-2H3/t24-/m0/s1. The van der Waals surface area contributed by atoms with Crippen molar-refractivity contribution in [2.24, 2.45) is 0 Å². The van der Waals surface area contributed by atoms with Gasteiger partial charge in [-0.15, -0.1) is 0 Å². The molecule has 0 amide bonds. The summed E-state index contributed by atoms with van der Waals surface area (Å²) in [7, 11) is 1.59. The number of H-pyrrole nitrogens is 1. The van der Waals surface area contributed by atoms with Gasteiger partial charge in [-0.1, -0.05) is 70.7 Å². The highest BCUT2D eigenvalue weighted by molar-refractivity contribution is 6.67. The molecule has 7 heteroatoms. The summed E-state index contributed by atoms with van der Waals surface area (Å²) in [5, 5.41) is 10.7. The SMILES string of the molecule is COc1ccc2[nH]cc([C@@](CC(Cl)(Cl)Cl)(c3ccc(C)cc3)c3ccc(O)c(F)c3)c2c1. The molecule has 1 atom stereocenters.